The van der Waals surface area contributed by atoms with Crippen molar-refractivity contribution in [1.82, 2.24) is 4.31 Å². The van der Waals surface area contributed by atoms with Crippen LogP contribution in [-0.2, 0) is 16.4 Å². The number of rotatable bonds is 6. The predicted molar refractivity (Wildman–Crippen MR) is 109 cm³/mol. The van der Waals surface area contributed by atoms with E-state index < -0.39 is 10.0 Å². The van der Waals surface area contributed by atoms with Crippen LogP contribution in [0.5, 0.6) is 0 Å². The van der Waals surface area contributed by atoms with Gasteiger partial charge >= 0.3 is 0 Å². The number of nitrogens with zero attached hydrogens (tertiary/aromatic N) is 2. The standard InChI is InChI=1S/C20H25ClN2O2S/c1-17-16-19(21)9-10-20(17)22-11-13-23(14-12-22)26(24,25)15-5-8-18-6-3-2-4-7-18/h2-4,6-7,9-10,16H,5,8,11-15H2,1H3. The van der Waals surface area contributed by atoms with Gasteiger partial charge in [0.1, 0.15) is 0 Å². The first-order valence-corrected chi connectivity index (χ1v) is 11.0. The Morgan fingerprint density at radius 3 is 2.35 bits per heavy atom. The van der Waals surface area contributed by atoms with E-state index in [9.17, 15) is 8.42 Å². The average Bonchev–Trinajstić information content (AvgIpc) is 2.63. The fourth-order valence-electron chi connectivity index (χ4n) is 3.41. The minimum Gasteiger partial charge on any atom is -0.369 e. The first kappa shape index (κ1) is 19.2. The number of benzene rings is 2. The molecule has 1 heterocycles. The molecule has 4 nitrogen and oxygen atoms in total. The largest absolute Gasteiger partial charge is 0.369 e. The van der Waals surface area contributed by atoms with E-state index in [2.05, 4.69) is 4.90 Å². The van der Waals surface area contributed by atoms with E-state index in [1.54, 1.807) is 4.31 Å². The van der Waals surface area contributed by atoms with Crippen molar-refractivity contribution in [2.75, 3.05) is 36.8 Å². The van der Waals surface area contributed by atoms with Gasteiger partial charge in [-0.1, -0.05) is 41.9 Å². The molecule has 2 aromatic rings. The molecule has 1 aliphatic rings. The third kappa shape index (κ3) is 4.78. The number of aryl methyl sites for hydroxylation is 2. The highest BCUT2D eigenvalue weighted by atomic mass is 35.5. The van der Waals surface area contributed by atoms with E-state index >= 15 is 0 Å². The highest BCUT2D eigenvalue weighted by molar-refractivity contribution is 7.89. The third-order valence-corrected chi connectivity index (χ3v) is 7.03. The van der Waals surface area contributed by atoms with E-state index in [0.717, 1.165) is 22.7 Å². The van der Waals surface area contributed by atoms with E-state index in [-0.39, 0.29) is 5.75 Å². The highest BCUT2D eigenvalue weighted by Gasteiger charge is 2.27. The van der Waals surface area contributed by atoms with Gasteiger partial charge in [-0.2, -0.15) is 4.31 Å². The van der Waals surface area contributed by atoms with Crippen molar-refractivity contribution in [2.45, 2.75) is 19.8 Å². The summed E-state index contributed by atoms with van der Waals surface area (Å²) >= 11 is 6.03. The minimum atomic E-state index is -3.19. The van der Waals surface area contributed by atoms with Gasteiger partial charge in [0, 0.05) is 36.9 Å². The van der Waals surface area contributed by atoms with Crippen LogP contribution in [0.25, 0.3) is 0 Å². The molecule has 1 aliphatic heterocycles. The van der Waals surface area contributed by atoms with Crippen molar-refractivity contribution in [1.29, 1.82) is 0 Å². The summed E-state index contributed by atoms with van der Waals surface area (Å²) in [4.78, 5) is 2.24. The molecule has 0 N–H and O–H groups in total. The van der Waals surface area contributed by atoms with Gasteiger partial charge in [0.2, 0.25) is 10.0 Å². The second-order valence-corrected chi connectivity index (χ2v) is 9.25. The van der Waals surface area contributed by atoms with Gasteiger partial charge in [-0.15, -0.1) is 0 Å². The van der Waals surface area contributed by atoms with Gasteiger partial charge in [0.05, 0.1) is 5.75 Å². The third-order valence-electron chi connectivity index (χ3n) is 4.84. The quantitative estimate of drug-likeness (QED) is 0.752. The van der Waals surface area contributed by atoms with Gasteiger partial charge in [0.15, 0.2) is 0 Å². The molecular formula is C20H25ClN2O2S. The fourth-order valence-corrected chi connectivity index (χ4v) is 5.13. The summed E-state index contributed by atoms with van der Waals surface area (Å²) in [6, 6.07) is 15.9. The van der Waals surface area contributed by atoms with Crippen molar-refractivity contribution in [3.63, 3.8) is 0 Å². The highest BCUT2D eigenvalue weighted by Crippen LogP contribution is 2.25. The lowest BCUT2D eigenvalue weighted by atomic mass is 10.1. The van der Waals surface area contributed by atoms with Crippen molar-refractivity contribution in [3.8, 4) is 0 Å². The number of hydrogen-bond donors (Lipinski definition) is 0. The van der Waals surface area contributed by atoms with E-state index in [0.29, 0.717) is 32.6 Å². The molecule has 0 amide bonds. The predicted octanol–water partition coefficient (Wildman–Crippen LogP) is 3.73. The molecule has 0 aliphatic carbocycles. The Balaban J connectivity index is 1.53. The molecule has 1 fully saturated rings. The second-order valence-electron chi connectivity index (χ2n) is 6.72. The number of piperazine rings is 1. The maximum Gasteiger partial charge on any atom is 0.214 e. The SMILES string of the molecule is Cc1cc(Cl)ccc1N1CCN(S(=O)(=O)CCCc2ccccc2)CC1. The molecule has 0 spiro atoms. The van der Waals surface area contributed by atoms with E-state index in [1.807, 2.05) is 55.5 Å². The van der Waals surface area contributed by atoms with Crippen LogP contribution in [0.15, 0.2) is 48.5 Å². The molecule has 2 aromatic carbocycles. The number of anilines is 1. The summed E-state index contributed by atoms with van der Waals surface area (Å²) in [5, 5.41) is 0.728. The Hall–Kier alpha value is -1.56. The Kier molecular flexibility index (Phi) is 6.22. The lowest BCUT2D eigenvalue weighted by molar-refractivity contribution is 0.384. The summed E-state index contributed by atoms with van der Waals surface area (Å²) in [5.74, 6) is 0.210. The van der Waals surface area contributed by atoms with Crippen LogP contribution < -0.4 is 4.90 Å². The summed E-state index contributed by atoms with van der Waals surface area (Å²) in [6.45, 7) is 4.53. The van der Waals surface area contributed by atoms with Gasteiger partial charge in [-0.3, -0.25) is 0 Å². The lowest BCUT2D eigenvalue weighted by Gasteiger charge is -2.36. The first-order valence-electron chi connectivity index (χ1n) is 8.98. The molecule has 3 rings (SSSR count). The van der Waals surface area contributed by atoms with E-state index in [1.165, 1.54) is 5.56 Å². The summed E-state index contributed by atoms with van der Waals surface area (Å²) in [5.41, 5.74) is 3.44. The Morgan fingerprint density at radius 1 is 1.00 bits per heavy atom. The molecule has 140 valence electrons. The topological polar surface area (TPSA) is 40.6 Å². The Morgan fingerprint density at radius 2 is 1.69 bits per heavy atom. The lowest BCUT2D eigenvalue weighted by Crippen LogP contribution is -2.49. The number of hydrogen-bond acceptors (Lipinski definition) is 3. The molecule has 0 unspecified atom stereocenters. The number of halogens is 1. The van der Waals surface area contributed by atoms with Gasteiger partial charge in [0.25, 0.3) is 0 Å². The van der Waals surface area contributed by atoms with Crippen molar-refractivity contribution in [2.24, 2.45) is 0 Å². The van der Waals surface area contributed by atoms with Crippen LogP contribution in [0.1, 0.15) is 17.5 Å². The second kappa shape index (κ2) is 8.42. The van der Waals surface area contributed by atoms with Crippen LogP contribution in [0.3, 0.4) is 0 Å². The molecule has 0 atom stereocenters. The zero-order valence-electron chi connectivity index (χ0n) is 15.1. The van der Waals surface area contributed by atoms with Crippen molar-refractivity contribution >= 4 is 27.3 Å². The molecule has 6 heteroatoms. The summed E-state index contributed by atoms with van der Waals surface area (Å²) in [7, 11) is -3.19. The van der Waals surface area contributed by atoms with Gasteiger partial charge < -0.3 is 4.90 Å². The van der Waals surface area contributed by atoms with Crippen LogP contribution >= 0.6 is 11.6 Å². The molecule has 0 aromatic heterocycles. The molecule has 1 saturated heterocycles. The van der Waals surface area contributed by atoms with Crippen molar-refractivity contribution in [3.05, 3.63) is 64.7 Å². The first-order chi connectivity index (χ1) is 12.5. The van der Waals surface area contributed by atoms with Gasteiger partial charge in [-0.05, 0) is 49.1 Å². The summed E-state index contributed by atoms with van der Waals surface area (Å²) in [6.07, 6.45) is 1.45. The van der Waals surface area contributed by atoms with E-state index in [4.69, 9.17) is 11.6 Å². The Labute approximate surface area is 161 Å². The van der Waals surface area contributed by atoms with Crippen LogP contribution in [0, 0.1) is 6.92 Å². The normalized spacial score (nSPS) is 16.0. The molecular weight excluding hydrogens is 368 g/mol. The molecule has 0 radical (unpaired) electrons. The molecule has 0 saturated carbocycles. The zero-order chi connectivity index (χ0) is 18.6. The molecule has 0 bridgehead atoms. The molecule has 26 heavy (non-hydrogen) atoms. The van der Waals surface area contributed by atoms with Gasteiger partial charge in [-0.25, -0.2) is 8.42 Å². The van der Waals surface area contributed by atoms with Crippen molar-refractivity contribution < 1.29 is 8.42 Å². The maximum absolute atomic E-state index is 12.6. The monoisotopic (exact) mass is 392 g/mol. The van der Waals surface area contributed by atoms with Crippen LogP contribution in [-0.4, -0.2) is 44.7 Å². The maximum atomic E-state index is 12.6. The minimum absolute atomic E-state index is 0.210. The smallest absolute Gasteiger partial charge is 0.214 e. The Bertz CT molecular complexity index is 832. The zero-order valence-corrected chi connectivity index (χ0v) is 16.6. The summed E-state index contributed by atoms with van der Waals surface area (Å²) < 4.78 is 26.9. The van der Waals surface area contributed by atoms with Crippen LogP contribution in [0.2, 0.25) is 5.02 Å². The van der Waals surface area contributed by atoms with Crippen LogP contribution in [0.4, 0.5) is 5.69 Å². The average molecular weight is 393 g/mol. The fraction of sp³-hybridized carbons (Fsp3) is 0.400. The number of sulfonamides is 1.